The Bertz CT molecular complexity index is 1410. The van der Waals surface area contributed by atoms with E-state index in [2.05, 4.69) is 5.32 Å². The molecule has 10 heteroatoms. The normalized spacial score (nSPS) is 10.9. The van der Waals surface area contributed by atoms with Gasteiger partial charge < -0.3 is 19.1 Å². The Balaban J connectivity index is 1.97. The molecule has 0 aliphatic heterocycles. The minimum Gasteiger partial charge on any atom is -0.497 e. The predicted octanol–water partition coefficient (Wildman–Crippen LogP) is 5.82. The molecule has 41 heavy (non-hydrogen) atoms. The highest BCUT2D eigenvalue weighted by Crippen LogP contribution is 2.25. The van der Waals surface area contributed by atoms with E-state index in [1.54, 1.807) is 82.5 Å². The van der Waals surface area contributed by atoms with Crippen LogP contribution in [0.5, 0.6) is 5.75 Å². The van der Waals surface area contributed by atoms with E-state index in [0.29, 0.717) is 21.9 Å². The summed E-state index contributed by atoms with van der Waals surface area (Å²) in [5, 5.41) is 2.90. The van der Waals surface area contributed by atoms with Gasteiger partial charge >= 0.3 is 12.1 Å². The van der Waals surface area contributed by atoms with Gasteiger partial charge in [-0.1, -0.05) is 48.0 Å². The molecule has 0 aliphatic carbocycles. The van der Waals surface area contributed by atoms with Gasteiger partial charge in [0.25, 0.3) is 11.7 Å². The zero-order valence-corrected chi connectivity index (χ0v) is 24.4. The Morgan fingerprint density at radius 1 is 0.878 bits per heavy atom. The highest BCUT2D eigenvalue weighted by Gasteiger charge is 2.28. The number of benzene rings is 3. The van der Waals surface area contributed by atoms with Crippen LogP contribution in [0.3, 0.4) is 0 Å². The molecule has 0 aromatic heterocycles. The number of anilines is 1. The summed E-state index contributed by atoms with van der Waals surface area (Å²) in [5.41, 5.74) is 1.20. The maximum absolute atomic E-state index is 13.8. The zero-order valence-electron chi connectivity index (χ0n) is 23.7. The first-order valence-corrected chi connectivity index (χ1v) is 13.2. The number of carbonyl (C=O) groups is 4. The van der Waals surface area contributed by atoms with E-state index >= 15 is 0 Å². The van der Waals surface area contributed by atoms with Gasteiger partial charge in [-0.25, -0.2) is 4.79 Å². The number of methoxy groups -OCH3 is 2. The van der Waals surface area contributed by atoms with Crippen molar-refractivity contribution in [2.45, 2.75) is 45.9 Å². The van der Waals surface area contributed by atoms with Crippen LogP contribution in [0.4, 0.5) is 10.5 Å². The van der Waals surface area contributed by atoms with Crippen LogP contribution in [-0.4, -0.2) is 48.5 Å². The summed E-state index contributed by atoms with van der Waals surface area (Å²) in [5.74, 6) is -1.50. The number of halogens is 1. The molecule has 0 saturated heterocycles. The van der Waals surface area contributed by atoms with Crippen LogP contribution in [0.2, 0.25) is 5.02 Å². The fourth-order valence-corrected chi connectivity index (χ4v) is 4.25. The second-order valence-corrected chi connectivity index (χ2v) is 10.5. The van der Waals surface area contributed by atoms with Gasteiger partial charge in [0.05, 0.1) is 31.9 Å². The lowest BCUT2D eigenvalue weighted by Gasteiger charge is -2.25. The lowest BCUT2D eigenvalue weighted by atomic mass is 10.0. The Hall–Kier alpha value is -4.37. The van der Waals surface area contributed by atoms with Gasteiger partial charge in [-0.15, -0.1) is 0 Å². The lowest BCUT2D eigenvalue weighted by Crippen LogP contribution is -2.36. The average molecular weight is 581 g/mol. The number of ketones is 1. The van der Waals surface area contributed by atoms with Gasteiger partial charge in [0.1, 0.15) is 11.4 Å². The molecule has 3 aromatic rings. The SMILES string of the molecule is COC(=O)Cc1c(Cl)cccc1CN(Cc1ccc(OC)cc1)C(=O)C(=O)c1ccccc1NC(=O)OC(C)(C)C. The highest BCUT2D eigenvalue weighted by molar-refractivity contribution is 6.44. The first-order chi connectivity index (χ1) is 19.4. The third kappa shape index (κ3) is 8.81. The molecule has 0 atom stereocenters. The van der Waals surface area contributed by atoms with Crippen LogP contribution in [0.25, 0.3) is 0 Å². The van der Waals surface area contributed by atoms with Gasteiger partial charge in [0, 0.05) is 18.1 Å². The monoisotopic (exact) mass is 580 g/mol. The Morgan fingerprint density at radius 2 is 1.56 bits per heavy atom. The Morgan fingerprint density at radius 3 is 2.20 bits per heavy atom. The lowest BCUT2D eigenvalue weighted by molar-refractivity contribution is -0.139. The largest absolute Gasteiger partial charge is 0.497 e. The fourth-order valence-electron chi connectivity index (χ4n) is 3.98. The number of para-hydroxylation sites is 1. The average Bonchev–Trinajstić information content (AvgIpc) is 2.93. The smallest absolute Gasteiger partial charge is 0.412 e. The molecular weight excluding hydrogens is 548 g/mol. The molecule has 1 N–H and O–H groups in total. The molecule has 3 aromatic carbocycles. The van der Waals surface area contributed by atoms with Crippen LogP contribution in [-0.2, 0) is 38.6 Å². The van der Waals surface area contributed by atoms with Gasteiger partial charge in [0.2, 0.25) is 0 Å². The maximum Gasteiger partial charge on any atom is 0.412 e. The van der Waals surface area contributed by atoms with Crippen molar-refractivity contribution in [3.63, 3.8) is 0 Å². The van der Waals surface area contributed by atoms with Crippen molar-refractivity contribution in [2.24, 2.45) is 0 Å². The van der Waals surface area contributed by atoms with Gasteiger partial charge in [-0.3, -0.25) is 19.7 Å². The molecule has 0 radical (unpaired) electrons. The number of carbonyl (C=O) groups excluding carboxylic acids is 4. The predicted molar refractivity (Wildman–Crippen MR) is 155 cm³/mol. The molecule has 0 bridgehead atoms. The number of nitrogens with zero attached hydrogens (tertiary/aromatic N) is 1. The van der Waals surface area contributed by atoms with Gasteiger partial charge in [-0.2, -0.15) is 0 Å². The minimum atomic E-state index is -0.832. The minimum absolute atomic E-state index is 0.00367. The van der Waals surface area contributed by atoms with Gasteiger partial charge in [-0.05, 0) is 67.8 Å². The topological polar surface area (TPSA) is 111 Å². The summed E-state index contributed by atoms with van der Waals surface area (Å²) in [6, 6.07) is 18.4. The van der Waals surface area contributed by atoms with Crippen LogP contribution in [0.15, 0.2) is 66.7 Å². The quantitative estimate of drug-likeness (QED) is 0.183. The van der Waals surface area contributed by atoms with Crippen molar-refractivity contribution in [2.75, 3.05) is 19.5 Å². The van der Waals surface area contributed by atoms with Crippen LogP contribution in [0, 0.1) is 0 Å². The molecular formula is C31H33ClN2O7. The molecule has 0 aliphatic rings. The number of hydrogen-bond donors (Lipinski definition) is 1. The van der Waals surface area contributed by atoms with E-state index in [0.717, 1.165) is 5.56 Å². The summed E-state index contributed by atoms with van der Waals surface area (Å²) in [6.07, 6.45) is -0.862. The van der Waals surface area contributed by atoms with Crippen molar-refractivity contribution in [3.8, 4) is 5.75 Å². The van der Waals surface area contributed by atoms with E-state index in [9.17, 15) is 19.2 Å². The summed E-state index contributed by atoms with van der Waals surface area (Å²) >= 11 is 6.42. The number of rotatable bonds is 10. The first kappa shape index (κ1) is 31.2. The summed E-state index contributed by atoms with van der Waals surface area (Å²) in [4.78, 5) is 53.3. The molecule has 0 heterocycles. The van der Waals surface area contributed by atoms with E-state index < -0.39 is 29.4 Å². The van der Waals surface area contributed by atoms with Crippen molar-refractivity contribution in [1.29, 1.82) is 0 Å². The molecule has 9 nitrogen and oxygen atoms in total. The van der Waals surface area contributed by atoms with Gasteiger partial charge in [0.15, 0.2) is 0 Å². The second kappa shape index (κ2) is 13.8. The van der Waals surface area contributed by atoms with Crippen molar-refractivity contribution in [1.82, 2.24) is 4.90 Å². The first-order valence-electron chi connectivity index (χ1n) is 12.8. The summed E-state index contributed by atoms with van der Waals surface area (Å²) < 4.78 is 15.4. The molecule has 2 amide bonds. The molecule has 0 fully saturated rings. The Kier molecular flexibility index (Phi) is 10.5. The number of amides is 2. The van der Waals surface area contributed by atoms with E-state index in [1.165, 1.54) is 24.1 Å². The molecule has 0 spiro atoms. The summed E-state index contributed by atoms with van der Waals surface area (Å²) in [6.45, 7) is 5.20. The summed E-state index contributed by atoms with van der Waals surface area (Å²) in [7, 11) is 2.83. The van der Waals surface area contributed by atoms with E-state index in [4.69, 9.17) is 25.8 Å². The van der Waals surface area contributed by atoms with Crippen molar-refractivity contribution >= 4 is 41.0 Å². The van der Waals surface area contributed by atoms with E-state index in [1.807, 2.05) is 0 Å². The molecule has 0 saturated carbocycles. The third-order valence-corrected chi connectivity index (χ3v) is 6.30. The molecule has 0 unspecified atom stereocenters. The molecule has 3 rings (SSSR count). The number of Topliss-reactive ketones (excluding diaryl/α,β-unsaturated/α-hetero) is 1. The number of esters is 1. The second-order valence-electron chi connectivity index (χ2n) is 10.1. The van der Waals surface area contributed by atoms with E-state index in [-0.39, 0.29) is 30.8 Å². The van der Waals surface area contributed by atoms with Crippen LogP contribution in [0.1, 0.15) is 47.8 Å². The third-order valence-electron chi connectivity index (χ3n) is 5.95. The zero-order chi connectivity index (χ0) is 30.2. The number of nitrogens with one attached hydrogen (secondary N) is 1. The molecule has 216 valence electrons. The van der Waals surface area contributed by atoms with Crippen LogP contribution >= 0.6 is 11.6 Å². The van der Waals surface area contributed by atoms with Crippen molar-refractivity contribution in [3.05, 3.63) is 94.0 Å². The maximum atomic E-state index is 13.8. The number of ether oxygens (including phenoxy) is 3. The van der Waals surface area contributed by atoms with Crippen molar-refractivity contribution < 1.29 is 33.4 Å². The Labute approximate surface area is 244 Å². The van der Waals surface area contributed by atoms with Crippen LogP contribution < -0.4 is 10.1 Å². The standard InChI is InChI=1S/C31H33ClN2O7/c1-31(2,3)41-30(38)33-26-12-7-6-10-23(26)28(36)29(37)34(18-20-13-15-22(39-4)16-14-20)19-21-9-8-11-25(32)24(21)17-27(35)40-5/h6-16H,17-19H2,1-5H3,(H,33,38). The fraction of sp³-hybridized carbons (Fsp3) is 0.290. The highest BCUT2D eigenvalue weighted by atomic mass is 35.5. The number of hydrogen-bond acceptors (Lipinski definition) is 7.